The summed E-state index contributed by atoms with van der Waals surface area (Å²) < 4.78 is 5.96. The lowest BCUT2D eigenvalue weighted by molar-refractivity contribution is -0.139. The summed E-state index contributed by atoms with van der Waals surface area (Å²) in [4.78, 5) is 28.6. The molecule has 0 unspecified atom stereocenters. The molecule has 1 atom stereocenters. The Labute approximate surface area is 178 Å². The van der Waals surface area contributed by atoms with E-state index in [0.29, 0.717) is 18.1 Å². The van der Waals surface area contributed by atoms with Gasteiger partial charge in [0.2, 0.25) is 5.91 Å². The molecule has 2 aliphatic rings. The van der Waals surface area contributed by atoms with Crippen LogP contribution < -0.4 is 9.64 Å². The van der Waals surface area contributed by atoms with Crippen LogP contribution in [0, 0.1) is 5.92 Å². The van der Waals surface area contributed by atoms with Crippen molar-refractivity contribution in [1.82, 2.24) is 4.90 Å². The number of hydrogen-bond donors (Lipinski definition) is 0. The number of nitrogens with zero attached hydrogens (tertiary/aromatic N) is 2. The first-order valence-electron chi connectivity index (χ1n) is 11.0. The number of rotatable bonds is 6. The van der Waals surface area contributed by atoms with Crippen molar-refractivity contribution >= 4 is 17.5 Å². The van der Waals surface area contributed by atoms with Crippen LogP contribution in [0.1, 0.15) is 38.2 Å². The highest BCUT2D eigenvalue weighted by Gasteiger charge is 2.27. The lowest BCUT2D eigenvalue weighted by Crippen LogP contribution is -2.45. The molecule has 4 rings (SSSR count). The standard InChI is InChI=1S/C25H30N2O3/c1-19(30-23-10-5-9-22(18-23)27-14-6-11-24(27)28)25(29)26-15-12-21(13-16-26)17-20-7-3-2-4-8-20/h2-5,7-10,18-19,21H,6,11-17H2,1H3/t19-/m1/s1. The van der Waals surface area contributed by atoms with Gasteiger partial charge >= 0.3 is 0 Å². The van der Waals surface area contributed by atoms with E-state index in [4.69, 9.17) is 4.74 Å². The topological polar surface area (TPSA) is 49.9 Å². The Morgan fingerprint density at radius 2 is 1.83 bits per heavy atom. The molecule has 2 heterocycles. The fourth-order valence-corrected chi connectivity index (χ4v) is 4.46. The van der Waals surface area contributed by atoms with Crippen LogP contribution in [0.4, 0.5) is 5.69 Å². The average molecular weight is 407 g/mol. The summed E-state index contributed by atoms with van der Waals surface area (Å²) in [5, 5.41) is 0. The van der Waals surface area contributed by atoms with Gasteiger partial charge < -0.3 is 14.5 Å². The van der Waals surface area contributed by atoms with Gasteiger partial charge in [-0.25, -0.2) is 0 Å². The van der Waals surface area contributed by atoms with E-state index in [2.05, 4.69) is 24.3 Å². The molecule has 2 aromatic carbocycles. The molecule has 0 radical (unpaired) electrons. The molecule has 2 fully saturated rings. The quantitative estimate of drug-likeness (QED) is 0.727. The molecule has 5 heteroatoms. The fraction of sp³-hybridized carbons (Fsp3) is 0.440. The minimum Gasteiger partial charge on any atom is -0.481 e. The molecule has 2 aromatic rings. The summed E-state index contributed by atoms with van der Waals surface area (Å²) in [5.74, 6) is 1.44. The van der Waals surface area contributed by atoms with Crippen molar-refractivity contribution in [3.05, 3.63) is 60.2 Å². The van der Waals surface area contributed by atoms with Crippen molar-refractivity contribution in [3.8, 4) is 5.75 Å². The van der Waals surface area contributed by atoms with Gasteiger partial charge in [-0.05, 0) is 56.2 Å². The summed E-state index contributed by atoms with van der Waals surface area (Å²) in [5.41, 5.74) is 2.21. The second-order valence-corrected chi connectivity index (χ2v) is 8.36. The smallest absolute Gasteiger partial charge is 0.263 e. The first-order valence-corrected chi connectivity index (χ1v) is 11.0. The Morgan fingerprint density at radius 1 is 1.07 bits per heavy atom. The van der Waals surface area contributed by atoms with Gasteiger partial charge in [-0.1, -0.05) is 36.4 Å². The van der Waals surface area contributed by atoms with Crippen molar-refractivity contribution in [2.75, 3.05) is 24.5 Å². The number of hydrogen-bond acceptors (Lipinski definition) is 3. The first-order chi connectivity index (χ1) is 14.6. The van der Waals surface area contributed by atoms with Gasteiger partial charge in [0, 0.05) is 37.8 Å². The number of likely N-dealkylation sites (tertiary alicyclic amines) is 1. The van der Waals surface area contributed by atoms with Crippen LogP contribution in [0.15, 0.2) is 54.6 Å². The Kier molecular flexibility index (Phi) is 6.36. The van der Waals surface area contributed by atoms with Crippen molar-refractivity contribution in [1.29, 1.82) is 0 Å². The van der Waals surface area contributed by atoms with Crippen LogP contribution in [0.3, 0.4) is 0 Å². The minimum absolute atomic E-state index is 0.0378. The summed E-state index contributed by atoms with van der Waals surface area (Å²) in [6.07, 6.45) is 4.08. The zero-order chi connectivity index (χ0) is 20.9. The van der Waals surface area contributed by atoms with Crippen LogP contribution in [0.2, 0.25) is 0 Å². The zero-order valence-electron chi connectivity index (χ0n) is 17.6. The highest BCUT2D eigenvalue weighted by Crippen LogP contribution is 2.27. The molecule has 2 aliphatic heterocycles. The summed E-state index contributed by atoms with van der Waals surface area (Å²) >= 11 is 0. The molecule has 0 spiro atoms. The van der Waals surface area contributed by atoms with Crippen LogP contribution >= 0.6 is 0 Å². The third kappa shape index (κ3) is 4.84. The Morgan fingerprint density at radius 3 is 2.53 bits per heavy atom. The van der Waals surface area contributed by atoms with E-state index < -0.39 is 6.10 Å². The average Bonchev–Trinajstić information content (AvgIpc) is 3.20. The van der Waals surface area contributed by atoms with E-state index >= 15 is 0 Å². The predicted molar refractivity (Wildman–Crippen MR) is 118 cm³/mol. The molecular weight excluding hydrogens is 376 g/mol. The highest BCUT2D eigenvalue weighted by molar-refractivity contribution is 5.95. The van der Waals surface area contributed by atoms with Crippen LogP contribution in [-0.4, -0.2) is 42.5 Å². The maximum Gasteiger partial charge on any atom is 0.263 e. The van der Waals surface area contributed by atoms with Gasteiger partial charge in [-0.15, -0.1) is 0 Å². The zero-order valence-corrected chi connectivity index (χ0v) is 17.6. The SMILES string of the molecule is C[C@@H](Oc1cccc(N2CCCC2=O)c1)C(=O)N1CCC(Cc2ccccc2)CC1. The van der Waals surface area contributed by atoms with Gasteiger partial charge in [0.1, 0.15) is 5.75 Å². The second kappa shape index (κ2) is 9.33. The predicted octanol–water partition coefficient (Wildman–Crippen LogP) is 4.06. The number of carbonyl (C=O) groups excluding carboxylic acids is 2. The molecule has 0 aliphatic carbocycles. The number of amides is 2. The highest BCUT2D eigenvalue weighted by atomic mass is 16.5. The normalized spacial score (nSPS) is 18.5. The lowest BCUT2D eigenvalue weighted by Gasteiger charge is -2.33. The molecule has 2 saturated heterocycles. The Bertz CT molecular complexity index is 875. The Hall–Kier alpha value is -2.82. The van der Waals surface area contributed by atoms with E-state index in [-0.39, 0.29) is 11.8 Å². The molecule has 0 aromatic heterocycles. The second-order valence-electron chi connectivity index (χ2n) is 8.36. The minimum atomic E-state index is -0.541. The van der Waals surface area contributed by atoms with Gasteiger partial charge in [-0.2, -0.15) is 0 Å². The number of carbonyl (C=O) groups is 2. The number of anilines is 1. The fourth-order valence-electron chi connectivity index (χ4n) is 4.46. The van der Waals surface area contributed by atoms with Gasteiger partial charge in [0.15, 0.2) is 6.10 Å². The van der Waals surface area contributed by atoms with Crippen molar-refractivity contribution in [3.63, 3.8) is 0 Å². The molecule has 0 saturated carbocycles. The van der Waals surface area contributed by atoms with E-state index in [0.717, 1.165) is 51.0 Å². The lowest BCUT2D eigenvalue weighted by atomic mass is 9.90. The molecule has 5 nitrogen and oxygen atoms in total. The maximum absolute atomic E-state index is 12.9. The van der Waals surface area contributed by atoms with E-state index in [1.807, 2.05) is 42.2 Å². The van der Waals surface area contributed by atoms with Crippen molar-refractivity contribution in [2.45, 2.75) is 45.1 Å². The Balaban J connectivity index is 1.30. The molecule has 0 bridgehead atoms. The molecule has 158 valence electrons. The summed E-state index contributed by atoms with van der Waals surface area (Å²) in [6.45, 7) is 4.12. The number of ether oxygens (including phenoxy) is 1. The largest absolute Gasteiger partial charge is 0.481 e. The van der Waals surface area contributed by atoms with E-state index in [1.165, 1.54) is 5.56 Å². The molecule has 30 heavy (non-hydrogen) atoms. The number of piperidine rings is 1. The van der Waals surface area contributed by atoms with Crippen molar-refractivity contribution in [2.24, 2.45) is 5.92 Å². The molecular formula is C25H30N2O3. The van der Waals surface area contributed by atoms with E-state index in [9.17, 15) is 9.59 Å². The number of benzene rings is 2. The third-order valence-electron chi connectivity index (χ3n) is 6.16. The maximum atomic E-state index is 12.9. The van der Waals surface area contributed by atoms with Gasteiger partial charge in [0.25, 0.3) is 5.91 Å². The van der Waals surface area contributed by atoms with Gasteiger partial charge in [0.05, 0.1) is 0 Å². The molecule has 0 N–H and O–H groups in total. The van der Waals surface area contributed by atoms with Crippen LogP contribution in [-0.2, 0) is 16.0 Å². The summed E-state index contributed by atoms with van der Waals surface area (Å²) in [6, 6.07) is 18.1. The first kappa shape index (κ1) is 20.5. The monoisotopic (exact) mass is 406 g/mol. The third-order valence-corrected chi connectivity index (χ3v) is 6.16. The van der Waals surface area contributed by atoms with Crippen LogP contribution in [0.5, 0.6) is 5.75 Å². The van der Waals surface area contributed by atoms with Crippen LogP contribution in [0.25, 0.3) is 0 Å². The molecule has 2 amide bonds. The van der Waals surface area contributed by atoms with E-state index in [1.54, 1.807) is 4.90 Å². The summed E-state index contributed by atoms with van der Waals surface area (Å²) in [7, 11) is 0. The van der Waals surface area contributed by atoms with Crippen molar-refractivity contribution < 1.29 is 14.3 Å². The van der Waals surface area contributed by atoms with Gasteiger partial charge in [-0.3, -0.25) is 9.59 Å².